The molecule has 1 heterocycles. The topological polar surface area (TPSA) is 107 Å². The van der Waals surface area contributed by atoms with Gasteiger partial charge in [-0.15, -0.1) is 0 Å². The molecule has 3 atom stereocenters. The van der Waals surface area contributed by atoms with Gasteiger partial charge in [0.15, 0.2) is 0 Å². The molecule has 3 unspecified atom stereocenters. The van der Waals surface area contributed by atoms with Crippen molar-refractivity contribution in [3.63, 3.8) is 0 Å². The Morgan fingerprint density at radius 1 is 1.55 bits per heavy atom. The van der Waals surface area contributed by atoms with Crippen LogP contribution in [0.1, 0.15) is 43.6 Å². The fraction of sp³-hybridized carbons (Fsp3) is 0.571. The van der Waals surface area contributed by atoms with E-state index in [1.165, 1.54) is 13.3 Å². The SMILES string of the molecule is CC(=O)NCc1ccc(C2CCC(N=CN)C(N)C2)o1. The predicted molar refractivity (Wildman–Crippen MR) is 77.3 cm³/mol. The van der Waals surface area contributed by atoms with Crippen LogP contribution in [0, 0.1) is 0 Å². The summed E-state index contributed by atoms with van der Waals surface area (Å²) in [7, 11) is 0. The summed E-state index contributed by atoms with van der Waals surface area (Å²) in [6, 6.07) is 4.00. The normalized spacial score (nSPS) is 26.8. The first kappa shape index (κ1) is 14.6. The zero-order valence-electron chi connectivity index (χ0n) is 11.7. The molecule has 1 aromatic rings. The number of hydrogen-bond acceptors (Lipinski definition) is 4. The second-order valence-corrected chi connectivity index (χ2v) is 5.25. The lowest BCUT2D eigenvalue weighted by atomic mass is 9.82. The van der Waals surface area contributed by atoms with Gasteiger partial charge in [-0.3, -0.25) is 9.79 Å². The van der Waals surface area contributed by atoms with Crippen LogP contribution in [0.3, 0.4) is 0 Å². The quantitative estimate of drug-likeness (QED) is 0.561. The number of carbonyl (C=O) groups is 1. The summed E-state index contributed by atoms with van der Waals surface area (Å²) in [5.74, 6) is 1.97. The molecule has 0 spiro atoms. The first-order chi connectivity index (χ1) is 9.60. The molecule has 0 saturated heterocycles. The van der Waals surface area contributed by atoms with Crippen LogP contribution >= 0.6 is 0 Å². The van der Waals surface area contributed by atoms with Crippen LogP contribution in [0.15, 0.2) is 21.5 Å². The van der Waals surface area contributed by atoms with Crippen molar-refractivity contribution in [3.05, 3.63) is 23.7 Å². The number of nitrogens with one attached hydrogen (secondary N) is 1. The minimum Gasteiger partial charge on any atom is -0.464 e. The minimum absolute atomic E-state index is 0.0115. The molecule has 20 heavy (non-hydrogen) atoms. The molecule has 5 N–H and O–H groups in total. The van der Waals surface area contributed by atoms with Gasteiger partial charge < -0.3 is 21.2 Å². The molecule has 1 aliphatic carbocycles. The fourth-order valence-corrected chi connectivity index (χ4v) is 2.66. The maximum Gasteiger partial charge on any atom is 0.217 e. The Kier molecular flexibility index (Phi) is 4.79. The van der Waals surface area contributed by atoms with Crippen LogP contribution in [0.5, 0.6) is 0 Å². The third kappa shape index (κ3) is 3.60. The van der Waals surface area contributed by atoms with Crippen LogP contribution < -0.4 is 16.8 Å². The molecule has 1 saturated carbocycles. The number of nitrogens with zero attached hydrogens (tertiary/aromatic N) is 1. The van der Waals surface area contributed by atoms with Crippen molar-refractivity contribution in [2.24, 2.45) is 16.5 Å². The van der Waals surface area contributed by atoms with Gasteiger partial charge in [-0.25, -0.2) is 0 Å². The van der Waals surface area contributed by atoms with E-state index in [2.05, 4.69) is 10.3 Å². The highest BCUT2D eigenvalue weighted by Gasteiger charge is 2.29. The van der Waals surface area contributed by atoms with E-state index < -0.39 is 0 Å². The van der Waals surface area contributed by atoms with Crippen LogP contribution in [0.25, 0.3) is 0 Å². The van der Waals surface area contributed by atoms with Crippen LogP contribution in [0.4, 0.5) is 0 Å². The van der Waals surface area contributed by atoms with Gasteiger partial charge in [0.25, 0.3) is 0 Å². The molecule has 110 valence electrons. The average Bonchev–Trinajstić information content (AvgIpc) is 2.88. The van der Waals surface area contributed by atoms with Crippen molar-refractivity contribution in [3.8, 4) is 0 Å². The second-order valence-electron chi connectivity index (χ2n) is 5.25. The summed E-state index contributed by atoms with van der Waals surface area (Å²) in [5.41, 5.74) is 11.5. The van der Waals surface area contributed by atoms with Crippen molar-refractivity contribution in [1.29, 1.82) is 0 Å². The van der Waals surface area contributed by atoms with Gasteiger partial charge in [-0.1, -0.05) is 0 Å². The van der Waals surface area contributed by atoms with Gasteiger partial charge in [0.05, 0.1) is 18.9 Å². The maximum atomic E-state index is 10.9. The summed E-state index contributed by atoms with van der Waals surface area (Å²) in [5, 5.41) is 2.72. The second kappa shape index (κ2) is 6.56. The summed E-state index contributed by atoms with van der Waals surface area (Å²) in [4.78, 5) is 15.1. The number of furan rings is 1. The van der Waals surface area contributed by atoms with Gasteiger partial charge in [0.1, 0.15) is 11.5 Å². The molecule has 1 amide bonds. The summed E-state index contributed by atoms with van der Waals surface area (Å²) in [6.45, 7) is 1.91. The van der Waals surface area contributed by atoms with Gasteiger partial charge >= 0.3 is 0 Å². The summed E-state index contributed by atoms with van der Waals surface area (Å²) in [6.07, 6.45) is 4.09. The highest BCUT2D eigenvalue weighted by Crippen LogP contribution is 2.34. The number of amides is 1. The van der Waals surface area contributed by atoms with E-state index in [9.17, 15) is 4.79 Å². The van der Waals surface area contributed by atoms with E-state index >= 15 is 0 Å². The Morgan fingerprint density at radius 2 is 2.35 bits per heavy atom. The van der Waals surface area contributed by atoms with Gasteiger partial charge in [0, 0.05) is 18.9 Å². The van der Waals surface area contributed by atoms with Crippen LogP contribution in [0.2, 0.25) is 0 Å². The van der Waals surface area contributed by atoms with Crippen LogP contribution in [-0.2, 0) is 11.3 Å². The molecule has 6 nitrogen and oxygen atoms in total. The standard InChI is InChI=1S/C14H22N4O2/c1-9(19)17-7-11-3-5-14(20-11)10-2-4-13(18-8-15)12(16)6-10/h3,5,8,10,12-13H,2,4,6-7,16H2,1H3,(H2,15,18)(H,17,19). The number of hydrogen-bond donors (Lipinski definition) is 3. The molecule has 0 aromatic carbocycles. The monoisotopic (exact) mass is 278 g/mol. The molecule has 1 aromatic heterocycles. The van der Waals surface area contributed by atoms with Crippen molar-refractivity contribution < 1.29 is 9.21 Å². The van der Waals surface area contributed by atoms with E-state index in [1.807, 2.05) is 12.1 Å². The zero-order chi connectivity index (χ0) is 14.5. The summed E-state index contributed by atoms with van der Waals surface area (Å²) >= 11 is 0. The molecule has 0 aliphatic heterocycles. The van der Waals surface area contributed by atoms with E-state index in [0.717, 1.165) is 30.8 Å². The van der Waals surface area contributed by atoms with Crippen molar-refractivity contribution >= 4 is 12.2 Å². The zero-order valence-corrected chi connectivity index (χ0v) is 11.7. The van der Waals surface area contributed by atoms with Crippen LogP contribution in [-0.4, -0.2) is 24.3 Å². The largest absolute Gasteiger partial charge is 0.464 e. The number of carbonyl (C=O) groups excluding carboxylic acids is 1. The third-order valence-electron chi connectivity index (χ3n) is 3.74. The Bertz CT molecular complexity index is 483. The Balaban J connectivity index is 1.94. The average molecular weight is 278 g/mol. The van der Waals surface area contributed by atoms with Gasteiger partial charge in [-0.2, -0.15) is 0 Å². The van der Waals surface area contributed by atoms with Crippen molar-refractivity contribution in [2.45, 2.75) is 50.7 Å². The number of nitrogens with two attached hydrogens (primary N) is 2. The summed E-state index contributed by atoms with van der Waals surface area (Å²) < 4.78 is 5.78. The van der Waals surface area contributed by atoms with Gasteiger partial charge in [-0.05, 0) is 31.4 Å². The lowest BCUT2D eigenvalue weighted by Crippen LogP contribution is -2.39. The van der Waals surface area contributed by atoms with E-state index in [1.54, 1.807) is 0 Å². The maximum absolute atomic E-state index is 10.9. The van der Waals surface area contributed by atoms with E-state index in [4.69, 9.17) is 15.9 Å². The van der Waals surface area contributed by atoms with Crippen molar-refractivity contribution in [2.75, 3.05) is 0 Å². The third-order valence-corrected chi connectivity index (χ3v) is 3.74. The molecule has 6 heteroatoms. The molecular formula is C14H22N4O2. The lowest BCUT2D eigenvalue weighted by Gasteiger charge is -2.30. The molecule has 0 radical (unpaired) electrons. The van der Waals surface area contributed by atoms with Gasteiger partial charge in [0.2, 0.25) is 5.91 Å². The number of aliphatic imine (C=N–C) groups is 1. The molecule has 1 fully saturated rings. The first-order valence-corrected chi connectivity index (χ1v) is 6.92. The Labute approximate surface area is 118 Å². The highest BCUT2D eigenvalue weighted by molar-refractivity contribution is 5.72. The van der Waals surface area contributed by atoms with Crippen molar-refractivity contribution in [1.82, 2.24) is 5.32 Å². The molecule has 0 bridgehead atoms. The number of rotatable bonds is 4. The molecule has 1 aliphatic rings. The Hall–Kier alpha value is -1.82. The first-order valence-electron chi connectivity index (χ1n) is 6.92. The van der Waals surface area contributed by atoms with E-state index in [-0.39, 0.29) is 18.0 Å². The Morgan fingerprint density at radius 3 is 3.00 bits per heavy atom. The molecular weight excluding hydrogens is 256 g/mol. The predicted octanol–water partition coefficient (Wildman–Crippen LogP) is 0.866. The smallest absolute Gasteiger partial charge is 0.217 e. The molecule has 2 rings (SSSR count). The van der Waals surface area contributed by atoms with E-state index in [0.29, 0.717) is 12.5 Å². The minimum atomic E-state index is -0.0647. The highest BCUT2D eigenvalue weighted by atomic mass is 16.3. The lowest BCUT2D eigenvalue weighted by molar-refractivity contribution is -0.119. The fourth-order valence-electron chi connectivity index (χ4n) is 2.66.